The molecule has 18 heavy (non-hydrogen) atoms. The standard InChI is InChI=1S/C14H20N2O2/c1-9-6-7-11(10(2)13(9)17)16-14(18)12-5-3-4-8-15-12/h6-7,12,15,17H,3-5,8H2,1-2H3,(H,16,18)/t12-/m1/s1. The second kappa shape index (κ2) is 5.40. The molecule has 1 aliphatic rings. The smallest absolute Gasteiger partial charge is 0.241 e. The molecule has 0 aromatic heterocycles. The number of benzene rings is 1. The van der Waals surface area contributed by atoms with Crippen LogP contribution in [0.1, 0.15) is 30.4 Å². The Kier molecular flexibility index (Phi) is 3.87. The Morgan fingerprint density at radius 2 is 2.17 bits per heavy atom. The minimum Gasteiger partial charge on any atom is -0.507 e. The van der Waals surface area contributed by atoms with Crippen LogP contribution in [-0.2, 0) is 4.79 Å². The molecule has 1 fully saturated rings. The highest BCUT2D eigenvalue weighted by Gasteiger charge is 2.21. The molecule has 0 radical (unpaired) electrons. The molecule has 0 unspecified atom stereocenters. The fourth-order valence-electron chi connectivity index (χ4n) is 2.27. The number of phenolic OH excluding ortho intramolecular Hbond substituents is 1. The number of hydrogen-bond donors (Lipinski definition) is 3. The molecule has 1 amide bonds. The summed E-state index contributed by atoms with van der Waals surface area (Å²) in [5.74, 6) is 0.241. The Morgan fingerprint density at radius 3 is 2.83 bits per heavy atom. The maximum atomic E-state index is 12.1. The topological polar surface area (TPSA) is 61.4 Å². The Hall–Kier alpha value is -1.55. The summed E-state index contributed by atoms with van der Waals surface area (Å²) in [7, 11) is 0. The van der Waals surface area contributed by atoms with Gasteiger partial charge in [-0.25, -0.2) is 0 Å². The van der Waals surface area contributed by atoms with Crippen LogP contribution >= 0.6 is 0 Å². The van der Waals surface area contributed by atoms with E-state index in [2.05, 4.69) is 10.6 Å². The molecule has 4 nitrogen and oxygen atoms in total. The number of hydrogen-bond acceptors (Lipinski definition) is 3. The van der Waals surface area contributed by atoms with E-state index in [0.29, 0.717) is 5.69 Å². The number of rotatable bonds is 2. The van der Waals surface area contributed by atoms with Crippen LogP contribution in [0.25, 0.3) is 0 Å². The lowest BCUT2D eigenvalue weighted by atomic mass is 10.0. The van der Waals surface area contributed by atoms with Crippen molar-refractivity contribution in [2.75, 3.05) is 11.9 Å². The van der Waals surface area contributed by atoms with Crippen LogP contribution in [-0.4, -0.2) is 23.6 Å². The molecule has 0 bridgehead atoms. The number of piperidine rings is 1. The monoisotopic (exact) mass is 248 g/mol. The Labute approximate surface area is 107 Å². The molecule has 0 spiro atoms. The second-order valence-electron chi connectivity index (χ2n) is 4.90. The molecule has 0 saturated carbocycles. The van der Waals surface area contributed by atoms with E-state index in [0.717, 1.165) is 36.9 Å². The summed E-state index contributed by atoms with van der Waals surface area (Å²) in [4.78, 5) is 12.1. The second-order valence-corrected chi connectivity index (χ2v) is 4.90. The van der Waals surface area contributed by atoms with Crippen molar-refractivity contribution in [3.8, 4) is 5.75 Å². The SMILES string of the molecule is Cc1ccc(NC(=O)[C@H]2CCCCN2)c(C)c1O. The molecule has 1 saturated heterocycles. The minimum atomic E-state index is -0.110. The van der Waals surface area contributed by atoms with Crippen molar-refractivity contribution in [3.63, 3.8) is 0 Å². The molecule has 1 heterocycles. The minimum absolute atomic E-state index is 0.0129. The Morgan fingerprint density at radius 1 is 1.39 bits per heavy atom. The molecule has 1 aliphatic heterocycles. The normalized spacial score (nSPS) is 19.6. The van der Waals surface area contributed by atoms with Gasteiger partial charge < -0.3 is 15.7 Å². The van der Waals surface area contributed by atoms with E-state index in [4.69, 9.17) is 0 Å². The van der Waals surface area contributed by atoms with Crippen LogP contribution in [0.2, 0.25) is 0 Å². The first-order valence-corrected chi connectivity index (χ1v) is 6.43. The van der Waals surface area contributed by atoms with Crippen molar-refractivity contribution in [1.29, 1.82) is 0 Å². The van der Waals surface area contributed by atoms with Crippen LogP contribution in [0.5, 0.6) is 5.75 Å². The third-order valence-electron chi connectivity index (χ3n) is 3.52. The van der Waals surface area contributed by atoms with Crippen LogP contribution in [0.15, 0.2) is 12.1 Å². The molecule has 1 aromatic carbocycles. The first-order chi connectivity index (χ1) is 8.59. The Balaban J connectivity index is 2.09. The molecule has 1 atom stereocenters. The summed E-state index contributed by atoms with van der Waals surface area (Å²) in [5, 5.41) is 15.9. The Bertz CT molecular complexity index is 451. The lowest BCUT2D eigenvalue weighted by Crippen LogP contribution is -2.43. The average Bonchev–Trinajstić information content (AvgIpc) is 2.40. The third kappa shape index (κ3) is 2.64. The zero-order valence-electron chi connectivity index (χ0n) is 10.9. The van der Waals surface area contributed by atoms with E-state index in [-0.39, 0.29) is 17.7 Å². The van der Waals surface area contributed by atoms with Crippen LogP contribution in [0, 0.1) is 13.8 Å². The summed E-state index contributed by atoms with van der Waals surface area (Å²) < 4.78 is 0. The van der Waals surface area contributed by atoms with Gasteiger partial charge in [-0.1, -0.05) is 12.5 Å². The largest absolute Gasteiger partial charge is 0.507 e. The summed E-state index contributed by atoms with van der Waals surface area (Å²) in [6.45, 7) is 4.55. The van der Waals surface area contributed by atoms with Crippen molar-refractivity contribution in [2.45, 2.75) is 39.2 Å². The van der Waals surface area contributed by atoms with E-state index >= 15 is 0 Å². The fourth-order valence-corrected chi connectivity index (χ4v) is 2.27. The van der Waals surface area contributed by atoms with E-state index in [9.17, 15) is 9.90 Å². The number of amides is 1. The number of phenols is 1. The van der Waals surface area contributed by atoms with Crippen molar-refractivity contribution >= 4 is 11.6 Å². The maximum Gasteiger partial charge on any atom is 0.241 e. The van der Waals surface area contributed by atoms with Crippen LogP contribution in [0.3, 0.4) is 0 Å². The van der Waals surface area contributed by atoms with Gasteiger partial charge in [-0.05, 0) is 44.9 Å². The van der Waals surface area contributed by atoms with Gasteiger partial charge in [0.1, 0.15) is 5.75 Å². The van der Waals surface area contributed by atoms with Gasteiger partial charge in [0.15, 0.2) is 0 Å². The maximum absolute atomic E-state index is 12.1. The molecule has 98 valence electrons. The predicted octanol–water partition coefficient (Wildman–Crippen LogP) is 2.09. The summed E-state index contributed by atoms with van der Waals surface area (Å²) in [6, 6.07) is 3.54. The molecule has 4 heteroatoms. The molecule has 3 N–H and O–H groups in total. The number of aromatic hydroxyl groups is 1. The molecule has 2 rings (SSSR count). The number of carbonyl (C=O) groups excluding carboxylic acids is 1. The van der Waals surface area contributed by atoms with Gasteiger partial charge >= 0.3 is 0 Å². The van der Waals surface area contributed by atoms with Gasteiger partial charge in [0.05, 0.1) is 6.04 Å². The van der Waals surface area contributed by atoms with Crippen molar-refractivity contribution in [3.05, 3.63) is 23.3 Å². The lowest BCUT2D eigenvalue weighted by Gasteiger charge is -2.23. The molecular weight excluding hydrogens is 228 g/mol. The van der Waals surface area contributed by atoms with Gasteiger partial charge in [0.25, 0.3) is 0 Å². The van der Waals surface area contributed by atoms with Crippen molar-refractivity contribution < 1.29 is 9.90 Å². The lowest BCUT2D eigenvalue weighted by molar-refractivity contribution is -0.118. The third-order valence-corrected chi connectivity index (χ3v) is 3.52. The number of anilines is 1. The zero-order chi connectivity index (χ0) is 13.1. The predicted molar refractivity (Wildman–Crippen MR) is 71.9 cm³/mol. The van der Waals surface area contributed by atoms with E-state index in [1.807, 2.05) is 26.0 Å². The first-order valence-electron chi connectivity index (χ1n) is 6.43. The average molecular weight is 248 g/mol. The van der Waals surface area contributed by atoms with E-state index in [1.165, 1.54) is 0 Å². The number of aryl methyl sites for hydroxylation is 1. The highest BCUT2D eigenvalue weighted by Crippen LogP contribution is 2.28. The van der Waals surface area contributed by atoms with Crippen LogP contribution < -0.4 is 10.6 Å². The summed E-state index contributed by atoms with van der Waals surface area (Å²) in [5.41, 5.74) is 2.23. The van der Waals surface area contributed by atoms with E-state index < -0.39 is 0 Å². The molecular formula is C14H20N2O2. The van der Waals surface area contributed by atoms with Gasteiger partial charge in [-0.2, -0.15) is 0 Å². The van der Waals surface area contributed by atoms with Crippen molar-refractivity contribution in [1.82, 2.24) is 5.32 Å². The zero-order valence-corrected chi connectivity index (χ0v) is 10.9. The fraction of sp³-hybridized carbons (Fsp3) is 0.500. The van der Waals surface area contributed by atoms with Crippen LogP contribution in [0.4, 0.5) is 5.69 Å². The summed E-state index contributed by atoms with van der Waals surface area (Å²) in [6.07, 6.45) is 3.10. The number of carbonyl (C=O) groups is 1. The first kappa shape index (κ1) is 12.9. The quantitative estimate of drug-likeness (QED) is 0.751. The molecule has 0 aliphatic carbocycles. The highest BCUT2D eigenvalue weighted by atomic mass is 16.3. The van der Waals surface area contributed by atoms with Gasteiger partial charge in [0, 0.05) is 11.3 Å². The highest BCUT2D eigenvalue weighted by molar-refractivity contribution is 5.95. The van der Waals surface area contributed by atoms with Gasteiger partial charge in [-0.15, -0.1) is 0 Å². The number of nitrogens with one attached hydrogen (secondary N) is 2. The summed E-state index contributed by atoms with van der Waals surface area (Å²) >= 11 is 0. The van der Waals surface area contributed by atoms with E-state index in [1.54, 1.807) is 0 Å². The molecule has 1 aromatic rings. The van der Waals surface area contributed by atoms with Crippen molar-refractivity contribution in [2.24, 2.45) is 0 Å². The van der Waals surface area contributed by atoms with Gasteiger partial charge in [-0.3, -0.25) is 4.79 Å². The van der Waals surface area contributed by atoms with Gasteiger partial charge in [0.2, 0.25) is 5.91 Å².